The van der Waals surface area contributed by atoms with Gasteiger partial charge in [-0.05, 0) is 12.1 Å². The Morgan fingerprint density at radius 2 is 2.33 bits per heavy atom. The fraction of sp³-hybridized carbons (Fsp3) is 0.0909. The molecule has 7 nitrogen and oxygen atoms in total. The maximum atomic E-state index is 10.5. The summed E-state index contributed by atoms with van der Waals surface area (Å²) in [6.07, 6.45) is 3.74. The molecule has 0 unspecified atom stereocenters. The predicted octanol–water partition coefficient (Wildman–Crippen LogP) is 1.39. The highest BCUT2D eigenvalue weighted by Crippen LogP contribution is 2.20. The van der Waals surface area contributed by atoms with Gasteiger partial charge in [0.1, 0.15) is 11.4 Å². The number of rotatable bonds is 4. The molecule has 0 spiro atoms. The zero-order valence-electron chi connectivity index (χ0n) is 9.18. The first-order chi connectivity index (χ1) is 8.85. The van der Waals surface area contributed by atoms with Crippen LogP contribution in [-0.4, -0.2) is 26.4 Å². The van der Waals surface area contributed by atoms with Crippen molar-refractivity contribution in [2.45, 2.75) is 6.54 Å². The Hall–Kier alpha value is -2.70. The zero-order chi connectivity index (χ0) is 12.4. The SMILES string of the molecule is O=Cc1cn(Cc2cc(-c3ccco3)on2)nn1. The van der Waals surface area contributed by atoms with Crippen molar-refractivity contribution in [1.29, 1.82) is 0 Å². The lowest BCUT2D eigenvalue weighted by molar-refractivity contribution is 0.111. The molecule has 3 rings (SSSR count). The summed E-state index contributed by atoms with van der Waals surface area (Å²) in [6, 6.07) is 5.30. The molecule has 0 aliphatic rings. The third-order valence-electron chi connectivity index (χ3n) is 2.32. The van der Waals surface area contributed by atoms with Crippen LogP contribution in [-0.2, 0) is 6.54 Å². The number of hydrogen-bond donors (Lipinski definition) is 0. The molecule has 3 heterocycles. The third kappa shape index (κ3) is 1.93. The Kier molecular flexibility index (Phi) is 2.49. The molecule has 0 amide bonds. The van der Waals surface area contributed by atoms with E-state index in [1.54, 1.807) is 24.5 Å². The summed E-state index contributed by atoms with van der Waals surface area (Å²) in [5.41, 5.74) is 0.952. The van der Waals surface area contributed by atoms with Crippen molar-refractivity contribution in [3.63, 3.8) is 0 Å². The molecular formula is C11H8N4O3. The van der Waals surface area contributed by atoms with Gasteiger partial charge in [-0.3, -0.25) is 4.79 Å². The predicted molar refractivity (Wildman–Crippen MR) is 58.7 cm³/mol. The van der Waals surface area contributed by atoms with Gasteiger partial charge in [0.25, 0.3) is 0 Å². The summed E-state index contributed by atoms with van der Waals surface area (Å²) < 4.78 is 11.8. The summed E-state index contributed by atoms with van der Waals surface area (Å²) in [5.74, 6) is 1.16. The van der Waals surface area contributed by atoms with Crippen molar-refractivity contribution >= 4 is 6.29 Å². The first kappa shape index (κ1) is 10.5. The summed E-state index contributed by atoms with van der Waals surface area (Å²) in [7, 11) is 0. The molecule has 7 heteroatoms. The van der Waals surface area contributed by atoms with Gasteiger partial charge in [0.2, 0.25) is 5.76 Å². The number of hydrogen-bond acceptors (Lipinski definition) is 6. The first-order valence-electron chi connectivity index (χ1n) is 5.20. The molecule has 0 radical (unpaired) electrons. The van der Waals surface area contributed by atoms with Crippen molar-refractivity contribution in [1.82, 2.24) is 20.2 Å². The van der Waals surface area contributed by atoms with E-state index in [1.165, 1.54) is 10.9 Å². The van der Waals surface area contributed by atoms with Gasteiger partial charge >= 0.3 is 0 Å². The van der Waals surface area contributed by atoms with Crippen molar-refractivity contribution in [3.05, 3.63) is 42.0 Å². The number of carbonyl (C=O) groups excluding carboxylic acids is 1. The van der Waals surface area contributed by atoms with E-state index in [0.717, 1.165) is 0 Å². The van der Waals surface area contributed by atoms with Crippen molar-refractivity contribution in [3.8, 4) is 11.5 Å². The van der Waals surface area contributed by atoms with Gasteiger partial charge in [-0.2, -0.15) is 0 Å². The molecule has 0 N–H and O–H groups in total. The molecule has 0 aromatic carbocycles. The number of carbonyl (C=O) groups is 1. The van der Waals surface area contributed by atoms with Crippen LogP contribution >= 0.6 is 0 Å². The molecule has 0 saturated carbocycles. The highest BCUT2D eigenvalue weighted by molar-refractivity contribution is 5.70. The topological polar surface area (TPSA) is 87.0 Å². The summed E-state index contributed by atoms with van der Waals surface area (Å²) >= 11 is 0. The Balaban J connectivity index is 1.79. The highest BCUT2D eigenvalue weighted by atomic mass is 16.5. The standard InChI is InChI=1S/C11H8N4O3/c16-7-9-6-15(14-12-9)5-8-4-11(18-13-8)10-2-1-3-17-10/h1-4,6-7H,5H2. The number of furan rings is 1. The van der Waals surface area contributed by atoms with Crippen molar-refractivity contribution in [2.24, 2.45) is 0 Å². The van der Waals surface area contributed by atoms with E-state index < -0.39 is 0 Å². The summed E-state index contributed by atoms with van der Waals surface area (Å²) in [6.45, 7) is 0.380. The van der Waals surface area contributed by atoms with Gasteiger partial charge in [0.05, 0.1) is 19.0 Å². The second kappa shape index (κ2) is 4.28. The minimum Gasteiger partial charge on any atom is -0.461 e. The Morgan fingerprint density at radius 3 is 3.06 bits per heavy atom. The number of aromatic nitrogens is 4. The van der Waals surface area contributed by atoms with E-state index in [-0.39, 0.29) is 5.69 Å². The lowest BCUT2D eigenvalue weighted by atomic mass is 10.3. The van der Waals surface area contributed by atoms with Crippen molar-refractivity contribution < 1.29 is 13.7 Å². The Labute approximate surface area is 101 Å². The number of nitrogens with zero attached hydrogens (tertiary/aromatic N) is 4. The van der Waals surface area contributed by atoms with E-state index in [4.69, 9.17) is 8.94 Å². The van der Waals surface area contributed by atoms with Crippen LogP contribution < -0.4 is 0 Å². The molecule has 0 aliphatic carbocycles. The molecule has 0 fully saturated rings. The molecule has 0 aliphatic heterocycles. The van der Waals surface area contributed by atoms with E-state index in [9.17, 15) is 4.79 Å². The zero-order valence-corrected chi connectivity index (χ0v) is 9.18. The van der Waals surface area contributed by atoms with E-state index in [0.29, 0.717) is 30.0 Å². The largest absolute Gasteiger partial charge is 0.461 e. The van der Waals surface area contributed by atoms with Gasteiger partial charge in [-0.15, -0.1) is 5.10 Å². The molecule has 18 heavy (non-hydrogen) atoms. The van der Waals surface area contributed by atoms with Gasteiger partial charge in [0.15, 0.2) is 12.0 Å². The van der Waals surface area contributed by atoms with E-state index in [2.05, 4.69) is 15.5 Å². The fourth-order valence-corrected chi connectivity index (χ4v) is 1.53. The van der Waals surface area contributed by atoms with Gasteiger partial charge in [-0.1, -0.05) is 10.4 Å². The van der Waals surface area contributed by atoms with Crippen LogP contribution in [0.3, 0.4) is 0 Å². The molecule has 3 aromatic heterocycles. The van der Waals surface area contributed by atoms with Crippen LogP contribution in [0, 0.1) is 0 Å². The van der Waals surface area contributed by atoms with Crippen LogP contribution in [0.25, 0.3) is 11.5 Å². The van der Waals surface area contributed by atoms with Crippen LogP contribution in [0.5, 0.6) is 0 Å². The van der Waals surface area contributed by atoms with Crippen LogP contribution in [0.15, 0.2) is 39.6 Å². The maximum absolute atomic E-state index is 10.5. The molecule has 90 valence electrons. The van der Waals surface area contributed by atoms with E-state index in [1.807, 2.05) is 0 Å². The lowest BCUT2D eigenvalue weighted by Gasteiger charge is -1.92. The van der Waals surface area contributed by atoms with Crippen LogP contribution in [0.1, 0.15) is 16.2 Å². The summed E-state index contributed by atoms with van der Waals surface area (Å²) in [5, 5.41) is 11.3. The smallest absolute Gasteiger partial charge is 0.202 e. The average molecular weight is 244 g/mol. The van der Waals surface area contributed by atoms with Crippen LogP contribution in [0.2, 0.25) is 0 Å². The molecule has 0 bridgehead atoms. The Morgan fingerprint density at radius 1 is 1.39 bits per heavy atom. The quantitative estimate of drug-likeness (QED) is 0.644. The first-order valence-corrected chi connectivity index (χ1v) is 5.20. The van der Waals surface area contributed by atoms with Crippen molar-refractivity contribution in [2.75, 3.05) is 0 Å². The molecule has 3 aromatic rings. The fourth-order valence-electron chi connectivity index (χ4n) is 1.53. The highest BCUT2D eigenvalue weighted by Gasteiger charge is 2.10. The lowest BCUT2D eigenvalue weighted by Crippen LogP contribution is -2.00. The van der Waals surface area contributed by atoms with Crippen LogP contribution in [0.4, 0.5) is 0 Å². The van der Waals surface area contributed by atoms with Gasteiger partial charge < -0.3 is 8.94 Å². The second-order valence-corrected chi connectivity index (χ2v) is 3.62. The molecule has 0 saturated heterocycles. The molecular weight excluding hydrogens is 236 g/mol. The normalized spacial score (nSPS) is 10.7. The number of aldehydes is 1. The minimum atomic E-state index is 0.282. The Bertz CT molecular complexity index is 653. The maximum Gasteiger partial charge on any atom is 0.202 e. The van der Waals surface area contributed by atoms with Gasteiger partial charge in [0, 0.05) is 6.07 Å². The monoisotopic (exact) mass is 244 g/mol. The van der Waals surface area contributed by atoms with Gasteiger partial charge in [-0.25, -0.2) is 4.68 Å². The minimum absolute atomic E-state index is 0.282. The second-order valence-electron chi connectivity index (χ2n) is 3.62. The molecule has 0 atom stereocenters. The third-order valence-corrected chi connectivity index (χ3v) is 2.32. The van der Waals surface area contributed by atoms with E-state index >= 15 is 0 Å². The summed E-state index contributed by atoms with van der Waals surface area (Å²) in [4.78, 5) is 10.5. The average Bonchev–Trinajstić information content (AvgIpc) is 3.10.